The van der Waals surface area contributed by atoms with Gasteiger partial charge in [-0.2, -0.15) is 10.2 Å². The van der Waals surface area contributed by atoms with Gasteiger partial charge in [-0.1, -0.05) is 48.4 Å². The van der Waals surface area contributed by atoms with Gasteiger partial charge in [0.15, 0.2) is 5.65 Å². The summed E-state index contributed by atoms with van der Waals surface area (Å²) in [5.74, 6) is 1.05. The summed E-state index contributed by atoms with van der Waals surface area (Å²) >= 11 is 1.59. The van der Waals surface area contributed by atoms with Gasteiger partial charge in [0.2, 0.25) is 5.13 Å². The number of fused-ring (bicyclic) bond motifs is 4. The highest BCUT2D eigenvalue weighted by Crippen LogP contribution is 2.30. The van der Waals surface area contributed by atoms with Crippen molar-refractivity contribution in [3.63, 3.8) is 0 Å². The summed E-state index contributed by atoms with van der Waals surface area (Å²) in [6.45, 7) is 4.10. The molecule has 0 saturated carbocycles. The Labute approximate surface area is 195 Å². The molecule has 0 aliphatic carbocycles. The van der Waals surface area contributed by atoms with Crippen molar-refractivity contribution in [3.05, 3.63) is 59.8 Å². The molecule has 7 nitrogen and oxygen atoms in total. The first-order valence-corrected chi connectivity index (χ1v) is 12.3. The lowest BCUT2D eigenvalue weighted by atomic mass is 10.2. The first-order valence-electron chi connectivity index (χ1n) is 11.5. The molecule has 0 radical (unpaired) electrons. The fraction of sp³-hybridized carbons (Fsp3) is 0.280. The molecule has 1 aliphatic rings. The molecular weight excluding hydrogens is 430 g/mol. The van der Waals surface area contributed by atoms with Crippen molar-refractivity contribution < 1.29 is 0 Å². The van der Waals surface area contributed by atoms with Gasteiger partial charge < -0.3 is 4.90 Å². The molecule has 0 spiro atoms. The molecule has 2 aromatic carbocycles. The van der Waals surface area contributed by atoms with Gasteiger partial charge in [-0.3, -0.25) is 5.43 Å². The minimum absolute atomic E-state index is 0.769. The van der Waals surface area contributed by atoms with Gasteiger partial charge in [-0.15, -0.1) is 0 Å². The van der Waals surface area contributed by atoms with E-state index in [1.807, 2.05) is 35.9 Å². The summed E-state index contributed by atoms with van der Waals surface area (Å²) < 4.78 is 3.09. The van der Waals surface area contributed by atoms with Gasteiger partial charge in [0.1, 0.15) is 5.82 Å². The van der Waals surface area contributed by atoms with Crippen LogP contribution < -0.4 is 10.3 Å². The Balaban J connectivity index is 1.41. The van der Waals surface area contributed by atoms with Crippen LogP contribution >= 0.6 is 11.3 Å². The number of hydrogen-bond donors (Lipinski definition) is 1. The molecule has 0 bridgehead atoms. The van der Waals surface area contributed by atoms with Crippen LogP contribution in [0.3, 0.4) is 0 Å². The third-order valence-electron chi connectivity index (χ3n) is 6.22. The van der Waals surface area contributed by atoms with Gasteiger partial charge >= 0.3 is 0 Å². The minimum atomic E-state index is 0.769. The van der Waals surface area contributed by atoms with E-state index < -0.39 is 0 Å². The summed E-state index contributed by atoms with van der Waals surface area (Å²) in [5, 5.41) is 11.2. The predicted octanol–water partition coefficient (Wildman–Crippen LogP) is 5.63. The van der Waals surface area contributed by atoms with Gasteiger partial charge in [0.25, 0.3) is 0 Å². The summed E-state index contributed by atoms with van der Waals surface area (Å²) in [4.78, 5) is 12.2. The number of aromatic nitrogens is 4. The van der Waals surface area contributed by atoms with Crippen LogP contribution in [0.15, 0.2) is 53.6 Å². The third kappa shape index (κ3) is 3.70. The van der Waals surface area contributed by atoms with Crippen LogP contribution in [0.1, 0.15) is 36.9 Å². The number of benzene rings is 2. The highest BCUT2D eigenvalue weighted by atomic mass is 32.1. The maximum atomic E-state index is 5.14. The molecule has 5 aromatic rings. The normalized spacial score (nSPS) is 15.1. The van der Waals surface area contributed by atoms with Crippen molar-refractivity contribution in [2.75, 3.05) is 23.4 Å². The molecule has 0 unspecified atom stereocenters. The molecule has 4 heterocycles. The molecule has 166 valence electrons. The van der Waals surface area contributed by atoms with E-state index in [0.29, 0.717) is 0 Å². The fourth-order valence-corrected chi connectivity index (χ4v) is 5.37. The molecular formula is C25H25N7S. The molecule has 33 heavy (non-hydrogen) atoms. The molecule has 0 amide bonds. The van der Waals surface area contributed by atoms with Crippen molar-refractivity contribution >= 4 is 55.3 Å². The van der Waals surface area contributed by atoms with E-state index in [4.69, 9.17) is 10.1 Å². The average molecular weight is 456 g/mol. The smallest absolute Gasteiger partial charge is 0.204 e. The highest BCUT2D eigenvalue weighted by molar-refractivity contribution is 7.22. The number of rotatable bonds is 4. The maximum Gasteiger partial charge on any atom is 0.204 e. The number of hydrazone groups is 1. The molecule has 3 aromatic heterocycles. The highest BCUT2D eigenvalue weighted by Gasteiger charge is 2.19. The van der Waals surface area contributed by atoms with Crippen LogP contribution in [-0.4, -0.2) is 38.9 Å². The number of para-hydroxylation sites is 2. The second kappa shape index (κ2) is 8.44. The van der Waals surface area contributed by atoms with Crippen molar-refractivity contribution in [1.29, 1.82) is 0 Å². The van der Waals surface area contributed by atoms with Gasteiger partial charge in [0.05, 0.1) is 33.2 Å². The molecule has 1 N–H and O–H groups in total. The number of hydrogen-bond acceptors (Lipinski definition) is 7. The van der Waals surface area contributed by atoms with E-state index in [0.717, 1.165) is 62.1 Å². The van der Waals surface area contributed by atoms with Gasteiger partial charge in [-0.25, -0.2) is 14.5 Å². The van der Waals surface area contributed by atoms with E-state index in [2.05, 4.69) is 50.7 Å². The van der Waals surface area contributed by atoms with E-state index in [9.17, 15) is 0 Å². The summed E-state index contributed by atoms with van der Waals surface area (Å²) in [5.41, 5.74) is 7.79. The van der Waals surface area contributed by atoms with Crippen LogP contribution in [0, 0.1) is 6.92 Å². The summed E-state index contributed by atoms with van der Waals surface area (Å²) in [6, 6.07) is 16.5. The standard InChI is InChI=1S/C25H25N7S/c1-17-19(16-26-29-25-27-20-11-5-7-13-22(20)33-25)24-28-23(31-14-8-2-3-9-15-31)18-10-4-6-12-21(18)32(24)30-17/h4-7,10-13,16H,2-3,8-9,14-15H2,1H3,(H,27,29)/b26-16-. The molecule has 1 fully saturated rings. The van der Waals surface area contributed by atoms with Crippen molar-refractivity contribution in [3.8, 4) is 0 Å². The van der Waals surface area contributed by atoms with Crippen LogP contribution in [-0.2, 0) is 0 Å². The van der Waals surface area contributed by atoms with Crippen LogP contribution in [0.2, 0.25) is 0 Å². The number of thiazole rings is 1. The summed E-state index contributed by atoms with van der Waals surface area (Å²) in [7, 11) is 0. The molecule has 1 saturated heterocycles. The molecule has 1 aliphatic heterocycles. The Morgan fingerprint density at radius 1 is 0.970 bits per heavy atom. The van der Waals surface area contributed by atoms with E-state index >= 15 is 0 Å². The maximum absolute atomic E-state index is 5.14. The quantitative estimate of drug-likeness (QED) is 0.281. The number of nitrogens with one attached hydrogen (secondary N) is 1. The van der Waals surface area contributed by atoms with Gasteiger partial charge in [-0.05, 0) is 44.0 Å². The van der Waals surface area contributed by atoms with Crippen molar-refractivity contribution in [2.45, 2.75) is 32.6 Å². The first kappa shape index (κ1) is 20.1. The summed E-state index contributed by atoms with van der Waals surface area (Å²) in [6.07, 6.45) is 6.81. The lowest BCUT2D eigenvalue weighted by Crippen LogP contribution is -2.25. The topological polar surface area (TPSA) is 70.7 Å². The zero-order valence-electron chi connectivity index (χ0n) is 18.5. The van der Waals surface area contributed by atoms with E-state index in [1.165, 1.54) is 25.7 Å². The van der Waals surface area contributed by atoms with Crippen LogP contribution in [0.5, 0.6) is 0 Å². The molecule has 0 atom stereocenters. The van der Waals surface area contributed by atoms with Crippen molar-refractivity contribution in [1.82, 2.24) is 19.6 Å². The van der Waals surface area contributed by atoms with Crippen LogP contribution in [0.4, 0.5) is 10.9 Å². The Hall–Kier alpha value is -3.52. The van der Waals surface area contributed by atoms with E-state index in [1.54, 1.807) is 11.3 Å². The number of anilines is 2. The zero-order valence-corrected chi connectivity index (χ0v) is 19.3. The second-order valence-electron chi connectivity index (χ2n) is 8.45. The average Bonchev–Trinajstić information content (AvgIpc) is 3.27. The monoisotopic (exact) mass is 455 g/mol. The van der Waals surface area contributed by atoms with Gasteiger partial charge in [0, 0.05) is 18.5 Å². The Morgan fingerprint density at radius 3 is 2.61 bits per heavy atom. The fourth-order valence-electron chi connectivity index (χ4n) is 4.56. The lowest BCUT2D eigenvalue weighted by molar-refractivity contribution is 0.726. The Morgan fingerprint density at radius 2 is 1.76 bits per heavy atom. The lowest BCUT2D eigenvalue weighted by Gasteiger charge is -2.23. The Bertz CT molecular complexity index is 1440. The SMILES string of the molecule is Cc1nn2c(nc(N3CCCCCC3)c3ccccc32)c1/C=N\Nc1nc2ccccc2s1. The Kier molecular flexibility index (Phi) is 5.14. The third-order valence-corrected chi connectivity index (χ3v) is 7.16. The van der Waals surface area contributed by atoms with Crippen molar-refractivity contribution in [2.24, 2.45) is 5.10 Å². The van der Waals surface area contributed by atoms with Crippen LogP contribution in [0.25, 0.3) is 26.8 Å². The predicted molar refractivity (Wildman–Crippen MR) is 137 cm³/mol. The minimum Gasteiger partial charge on any atom is -0.356 e. The first-order chi connectivity index (χ1) is 16.3. The second-order valence-corrected chi connectivity index (χ2v) is 9.48. The zero-order chi connectivity index (χ0) is 22.2. The number of nitrogens with zero attached hydrogens (tertiary/aromatic N) is 6. The van der Waals surface area contributed by atoms with E-state index in [-0.39, 0.29) is 0 Å². The number of aryl methyl sites for hydroxylation is 1. The largest absolute Gasteiger partial charge is 0.356 e. The molecule has 6 rings (SSSR count). The molecule has 8 heteroatoms.